The Balaban J connectivity index is 0.00000210. The van der Waals surface area contributed by atoms with Crippen LogP contribution >= 0.6 is 12.4 Å². The molecule has 148 valence electrons. The average molecular weight is 415 g/mol. The Morgan fingerprint density at radius 1 is 1.11 bits per heavy atom. The second-order valence-corrected chi connectivity index (χ2v) is 8.71. The minimum absolute atomic E-state index is 0. The van der Waals surface area contributed by atoms with Gasteiger partial charge in [-0.05, 0) is 25.0 Å². The molecule has 2 aliphatic rings. The van der Waals surface area contributed by atoms with Gasteiger partial charge in [-0.15, -0.1) is 12.4 Å². The number of sulfonamides is 1. The zero-order chi connectivity index (χ0) is 18.2. The Morgan fingerprint density at radius 2 is 1.78 bits per heavy atom. The van der Waals surface area contributed by atoms with E-state index in [1.807, 2.05) is 0 Å². The van der Waals surface area contributed by atoms with Crippen molar-refractivity contribution in [3.05, 3.63) is 30.1 Å². The van der Waals surface area contributed by atoms with Gasteiger partial charge >= 0.3 is 0 Å². The van der Waals surface area contributed by atoms with Gasteiger partial charge in [-0.25, -0.2) is 8.42 Å². The molecular weight excluding hydrogens is 392 g/mol. The van der Waals surface area contributed by atoms with E-state index in [-0.39, 0.29) is 23.2 Å². The number of morpholine rings is 1. The molecule has 1 aromatic heterocycles. The van der Waals surface area contributed by atoms with E-state index in [9.17, 15) is 8.42 Å². The van der Waals surface area contributed by atoms with E-state index in [2.05, 4.69) is 10.1 Å². The number of nitrogens with zero attached hydrogens (tertiary/aromatic N) is 3. The number of hydrogen-bond donors (Lipinski definition) is 1. The van der Waals surface area contributed by atoms with Gasteiger partial charge < -0.3 is 15.0 Å². The van der Waals surface area contributed by atoms with Crippen molar-refractivity contribution in [1.82, 2.24) is 14.4 Å². The fourth-order valence-electron chi connectivity index (χ4n) is 3.56. The first-order valence-corrected chi connectivity index (χ1v) is 10.3. The van der Waals surface area contributed by atoms with Gasteiger partial charge in [0.05, 0.1) is 29.2 Å². The zero-order valence-corrected chi connectivity index (χ0v) is 16.5. The number of rotatable bonds is 4. The van der Waals surface area contributed by atoms with Crippen LogP contribution in [0, 0.1) is 0 Å². The van der Waals surface area contributed by atoms with E-state index in [0.717, 1.165) is 25.7 Å². The summed E-state index contributed by atoms with van der Waals surface area (Å²) in [7, 11) is -3.67. The highest BCUT2D eigenvalue weighted by Gasteiger charge is 2.37. The second kappa shape index (κ2) is 7.84. The lowest BCUT2D eigenvalue weighted by Crippen LogP contribution is -2.40. The molecule has 0 atom stereocenters. The van der Waals surface area contributed by atoms with Crippen LogP contribution in [-0.2, 0) is 20.3 Å². The van der Waals surface area contributed by atoms with Crippen molar-refractivity contribution in [3.63, 3.8) is 0 Å². The Kier molecular flexibility index (Phi) is 5.87. The molecule has 27 heavy (non-hydrogen) atoms. The summed E-state index contributed by atoms with van der Waals surface area (Å²) in [6.07, 6.45) is 3.67. The first-order valence-electron chi connectivity index (χ1n) is 8.81. The lowest BCUT2D eigenvalue weighted by molar-refractivity contribution is 0.0730. The van der Waals surface area contributed by atoms with Gasteiger partial charge in [0.25, 0.3) is 5.89 Å². The van der Waals surface area contributed by atoms with E-state index < -0.39 is 15.6 Å². The summed E-state index contributed by atoms with van der Waals surface area (Å²) < 4.78 is 38.2. The molecule has 1 aromatic carbocycles. The summed E-state index contributed by atoms with van der Waals surface area (Å²) in [5, 5.41) is 4.04. The van der Waals surface area contributed by atoms with Gasteiger partial charge in [0.15, 0.2) is 5.82 Å². The van der Waals surface area contributed by atoms with Gasteiger partial charge in [-0.1, -0.05) is 30.1 Å². The molecule has 2 N–H and O–H groups in total. The zero-order valence-electron chi connectivity index (χ0n) is 14.8. The maximum atomic E-state index is 13.1. The fraction of sp³-hybridized carbons (Fsp3) is 0.529. The largest absolute Gasteiger partial charge is 0.379 e. The van der Waals surface area contributed by atoms with E-state index in [1.165, 1.54) is 4.31 Å². The quantitative estimate of drug-likeness (QED) is 0.813. The molecule has 8 nitrogen and oxygen atoms in total. The van der Waals surface area contributed by atoms with Crippen molar-refractivity contribution in [2.45, 2.75) is 36.1 Å². The maximum Gasteiger partial charge on any atom is 0.259 e. The summed E-state index contributed by atoms with van der Waals surface area (Å²) in [6, 6.07) is 6.70. The predicted molar refractivity (Wildman–Crippen MR) is 101 cm³/mol. The highest BCUT2D eigenvalue weighted by molar-refractivity contribution is 7.89. The van der Waals surface area contributed by atoms with Crippen molar-refractivity contribution >= 4 is 22.4 Å². The molecule has 0 amide bonds. The van der Waals surface area contributed by atoms with E-state index in [1.54, 1.807) is 24.3 Å². The molecule has 0 bridgehead atoms. The van der Waals surface area contributed by atoms with Crippen molar-refractivity contribution in [3.8, 4) is 11.5 Å². The molecule has 0 radical (unpaired) electrons. The van der Waals surface area contributed by atoms with Crippen LogP contribution in [-0.4, -0.2) is 49.2 Å². The van der Waals surface area contributed by atoms with Gasteiger partial charge in [0, 0.05) is 13.1 Å². The number of aromatic nitrogens is 2. The van der Waals surface area contributed by atoms with Gasteiger partial charge in [-0.2, -0.15) is 9.29 Å². The maximum absolute atomic E-state index is 13.1. The van der Waals surface area contributed by atoms with Crippen LogP contribution in [0.5, 0.6) is 0 Å². The molecule has 2 aromatic rings. The average Bonchev–Trinajstić information content (AvgIpc) is 3.33. The Bertz CT molecular complexity index is 890. The minimum Gasteiger partial charge on any atom is -0.379 e. The molecular formula is C17H23ClN4O4S. The summed E-state index contributed by atoms with van der Waals surface area (Å²) in [4.78, 5) is 4.60. The standard InChI is InChI=1S/C17H22N4O4S.ClH/c18-17(7-3-4-8-17)16-19-15(25-20-16)13-5-1-2-6-14(13)26(22,23)21-9-11-24-12-10-21;/h1-2,5-6H,3-4,7-12,18H2;1H. The van der Waals surface area contributed by atoms with Crippen molar-refractivity contribution in [2.75, 3.05) is 26.3 Å². The predicted octanol–water partition coefficient (Wildman–Crippen LogP) is 1.91. The van der Waals surface area contributed by atoms with E-state index in [0.29, 0.717) is 37.7 Å². The molecule has 1 saturated heterocycles. The van der Waals surface area contributed by atoms with Crippen molar-refractivity contribution < 1.29 is 17.7 Å². The van der Waals surface area contributed by atoms with Crippen LogP contribution in [0.25, 0.3) is 11.5 Å². The highest BCUT2D eigenvalue weighted by atomic mass is 35.5. The molecule has 4 rings (SSSR count). The Hall–Kier alpha value is -1.52. The first-order chi connectivity index (χ1) is 12.5. The third kappa shape index (κ3) is 3.74. The Labute approximate surface area is 164 Å². The monoisotopic (exact) mass is 414 g/mol. The van der Waals surface area contributed by atoms with Gasteiger partial charge in [-0.3, -0.25) is 0 Å². The minimum atomic E-state index is -3.67. The molecule has 0 spiro atoms. The number of halogens is 1. The van der Waals surface area contributed by atoms with Gasteiger partial charge in [0.2, 0.25) is 10.0 Å². The molecule has 1 aliphatic heterocycles. The van der Waals surface area contributed by atoms with Crippen LogP contribution in [0.15, 0.2) is 33.7 Å². The topological polar surface area (TPSA) is 112 Å². The first kappa shape index (κ1) is 20.2. The summed E-state index contributed by atoms with van der Waals surface area (Å²) in [5.41, 5.74) is 6.21. The molecule has 2 fully saturated rings. The molecule has 0 unspecified atom stereocenters. The number of nitrogens with two attached hydrogens (primary N) is 1. The van der Waals surface area contributed by atoms with Crippen LogP contribution in [0.2, 0.25) is 0 Å². The van der Waals surface area contributed by atoms with Gasteiger partial charge in [0.1, 0.15) is 0 Å². The molecule has 1 saturated carbocycles. The van der Waals surface area contributed by atoms with Crippen LogP contribution in [0.3, 0.4) is 0 Å². The number of hydrogen-bond acceptors (Lipinski definition) is 7. The molecule has 2 heterocycles. The summed E-state index contributed by atoms with van der Waals surface area (Å²) in [5.74, 6) is 0.632. The lowest BCUT2D eigenvalue weighted by atomic mass is 9.99. The van der Waals surface area contributed by atoms with E-state index >= 15 is 0 Å². The SMILES string of the molecule is Cl.NC1(c2noc(-c3ccccc3S(=O)(=O)N3CCOCC3)n2)CCCC1. The van der Waals surface area contributed by atoms with Crippen LogP contribution in [0.4, 0.5) is 0 Å². The second-order valence-electron chi connectivity index (χ2n) is 6.80. The third-order valence-corrected chi connectivity index (χ3v) is 7.03. The van der Waals surface area contributed by atoms with Crippen molar-refractivity contribution in [2.24, 2.45) is 5.73 Å². The normalized spacial score (nSPS) is 20.3. The van der Waals surface area contributed by atoms with E-state index in [4.69, 9.17) is 15.0 Å². The highest BCUT2D eigenvalue weighted by Crippen LogP contribution is 2.36. The van der Waals surface area contributed by atoms with Crippen LogP contribution in [0.1, 0.15) is 31.5 Å². The Morgan fingerprint density at radius 3 is 2.48 bits per heavy atom. The lowest BCUT2D eigenvalue weighted by Gasteiger charge is -2.26. The molecule has 10 heteroatoms. The van der Waals surface area contributed by atoms with Crippen molar-refractivity contribution in [1.29, 1.82) is 0 Å². The number of benzene rings is 1. The number of ether oxygens (including phenoxy) is 1. The van der Waals surface area contributed by atoms with Crippen LogP contribution < -0.4 is 5.73 Å². The smallest absolute Gasteiger partial charge is 0.259 e. The summed E-state index contributed by atoms with van der Waals surface area (Å²) >= 11 is 0. The summed E-state index contributed by atoms with van der Waals surface area (Å²) in [6.45, 7) is 1.44. The third-order valence-electron chi connectivity index (χ3n) is 5.07. The fourth-order valence-corrected chi connectivity index (χ4v) is 5.15. The molecule has 1 aliphatic carbocycles.